The SMILES string of the molecule is CC[C@H](C)c1ccccc1OCC(=O)N1CCO[C@@H](C(=O)O)C1. The van der Waals surface area contributed by atoms with E-state index in [-0.39, 0.29) is 25.7 Å². The lowest BCUT2D eigenvalue weighted by Crippen LogP contribution is -2.49. The molecule has 0 bridgehead atoms. The van der Waals surface area contributed by atoms with Gasteiger partial charge >= 0.3 is 5.97 Å². The second-order valence-corrected chi connectivity index (χ2v) is 5.67. The van der Waals surface area contributed by atoms with Crippen LogP contribution in [0.3, 0.4) is 0 Å². The summed E-state index contributed by atoms with van der Waals surface area (Å²) < 4.78 is 10.8. The van der Waals surface area contributed by atoms with Crippen LogP contribution >= 0.6 is 0 Å². The average molecular weight is 321 g/mol. The Balaban J connectivity index is 1.96. The number of morpholine rings is 1. The van der Waals surface area contributed by atoms with E-state index in [1.54, 1.807) is 0 Å². The monoisotopic (exact) mass is 321 g/mol. The number of ether oxygens (including phenoxy) is 2. The van der Waals surface area contributed by atoms with Gasteiger partial charge in [-0.1, -0.05) is 32.0 Å². The van der Waals surface area contributed by atoms with Crippen LogP contribution in [0.5, 0.6) is 5.75 Å². The lowest BCUT2D eigenvalue weighted by molar-refractivity contribution is -0.159. The van der Waals surface area contributed by atoms with Crippen molar-refractivity contribution < 1.29 is 24.2 Å². The summed E-state index contributed by atoms with van der Waals surface area (Å²) in [7, 11) is 0. The quantitative estimate of drug-likeness (QED) is 0.866. The van der Waals surface area contributed by atoms with Gasteiger partial charge in [0, 0.05) is 6.54 Å². The topological polar surface area (TPSA) is 76.1 Å². The van der Waals surface area contributed by atoms with Crippen LogP contribution in [-0.4, -0.2) is 54.3 Å². The van der Waals surface area contributed by atoms with Crippen molar-refractivity contribution in [2.45, 2.75) is 32.3 Å². The van der Waals surface area contributed by atoms with E-state index in [1.165, 1.54) is 4.90 Å². The van der Waals surface area contributed by atoms with Gasteiger partial charge in [0.15, 0.2) is 12.7 Å². The van der Waals surface area contributed by atoms with Crippen molar-refractivity contribution in [2.75, 3.05) is 26.3 Å². The van der Waals surface area contributed by atoms with Gasteiger partial charge in [0.1, 0.15) is 5.75 Å². The summed E-state index contributed by atoms with van der Waals surface area (Å²) in [5.41, 5.74) is 1.08. The number of hydrogen-bond acceptors (Lipinski definition) is 4. The lowest BCUT2D eigenvalue weighted by Gasteiger charge is -2.30. The van der Waals surface area contributed by atoms with Crippen molar-refractivity contribution in [1.82, 2.24) is 4.90 Å². The van der Waals surface area contributed by atoms with Crippen molar-refractivity contribution in [1.29, 1.82) is 0 Å². The second-order valence-electron chi connectivity index (χ2n) is 5.67. The molecule has 1 fully saturated rings. The molecule has 23 heavy (non-hydrogen) atoms. The first-order valence-electron chi connectivity index (χ1n) is 7.86. The minimum atomic E-state index is -1.05. The molecule has 2 atom stereocenters. The average Bonchev–Trinajstić information content (AvgIpc) is 2.59. The van der Waals surface area contributed by atoms with Gasteiger partial charge in [0.2, 0.25) is 0 Å². The zero-order valence-electron chi connectivity index (χ0n) is 13.5. The molecule has 1 aliphatic rings. The molecular weight excluding hydrogens is 298 g/mol. The standard InChI is InChI=1S/C17H23NO5/c1-3-12(2)13-6-4-5-7-14(13)23-11-16(19)18-8-9-22-15(10-18)17(20)21/h4-7,12,15H,3,8-11H2,1-2H3,(H,20,21)/t12-,15+/m0/s1. The largest absolute Gasteiger partial charge is 0.483 e. The summed E-state index contributed by atoms with van der Waals surface area (Å²) in [6.45, 7) is 4.80. The Labute approximate surface area is 136 Å². The number of nitrogens with zero attached hydrogens (tertiary/aromatic N) is 1. The van der Waals surface area contributed by atoms with E-state index in [4.69, 9.17) is 14.6 Å². The van der Waals surface area contributed by atoms with E-state index < -0.39 is 12.1 Å². The number of amides is 1. The van der Waals surface area contributed by atoms with Gasteiger partial charge in [0.25, 0.3) is 5.91 Å². The van der Waals surface area contributed by atoms with Crippen LogP contribution in [0.4, 0.5) is 0 Å². The maximum absolute atomic E-state index is 12.2. The molecule has 0 saturated carbocycles. The Morgan fingerprint density at radius 2 is 2.17 bits per heavy atom. The van der Waals surface area contributed by atoms with Gasteiger partial charge in [-0.2, -0.15) is 0 Å². The molecule has 1 aliphatic heterocycles. The third kappa shape index (κ3) is 4.45. The predicted molar refractivity (Wildman–Crippen MR) is 84.6 cm³/mol. The van der Waals surface area contributed by atoms with Gasteiger partial charge in [-0.25, -0.2) is 4.79 Å². The molecule has 1 N–H and O–H groups in total. The summed E-state index contributed by atoms with van der Waals surface area (Å²) in [6.07, 6.45) is 0.0260. The molecule has 6 heteroatoms. The van der Waals surface area contributed by atoms with Gasteiger partial charge in [-0.3, -0.25) is 4.79 Å². The van der Waals surface area contributed by atoms with E-state index in [0.717, 1.165) is 12.0 Å². The number of rotatable bonds is 6. The third-order valence-corrected chi connectivity index (χ3v) is 4.11. The van der Waals surface area contributed by atoms with Crippen LogP contribution in [0.1, 0.15) is 31.7 Å². The fraction of sp³-hybridized carbons (Fsp3) is 0.529. The Bertz CT molecular complexity index is 560. The van der Waals surface area contributed by atoms with Crippen molar-refractivity contribution in [3.05, 3.63) is 29.8 Å². The lowest BCUT2D eigenvalue weighted by atomic mass is 9.98. The number of benzene rings is 1. The van der Waals surface area contributed by atoms with Crippen LogP contribution in [0.15, 0.2) is 24.3 Å². The van der Waals surface area contributed by atoms with Gasteiger partial charge < -0.3 is 19.5 Å². The summed E-state index contributed by atoms with van der Waals surface area (Å²) in [5.74, 6) is -0.219. The highest BCUT2D eigenvalue weighted by atomic mass is 16.5. The third-order valence-electron chi connectivity index (χ3n) is 4.11. The Kier molecular flexibility index (Phi) is 5.98. The van der Waals surface area contributed by atoms with Crippen LogP contribution in [0.2, 0.25) is 0 Å². The molecule has 1 amide bonds. The molecule has 126 valence electrons. The van der Waals surface area contributed by atoms with E-state index in [9.17, 15) is 9.59 Å². The number of carbonyl (C=O) groups is 2. The number of carbonyl (C=O) groups excluding carboxylic acids is 1. The normalized spacial score (nSPS) is 19.2. The summed E-state index contributed by atoms with van der Waals surface area (Å²) in [6, 6.07) is 7.69. The van der Waals surface area contributed by atoms with E-state index in [1.807, 2.05) is 24.3 Å². The predicted octanol–water partition coefficient (Wildman–Crippen LogP) is 1.89. The summed E-state index contributed by atoms with van der Waals surface area (Å²) in [4.78, 5) is 24.7. The molecule has 1 saturated heterocycles. The number of aliphatic carboxylic acids is 1. The van der Waals surface area contributed by atoms with E-state index >= 15 is 0 Å². The first-order chi connectivity index (χ1) is 11.0. The van der Waals surface area contributed by atoms with Crippen molar-refractivity contribution >= 4 is 11.9 Å². The first kappa shape index (κ1) is 17.3. The zero-order valence-corrected chi connectivity index (χ0v) is 13.5. The van der Waals surface area contributed by atoms with Crippen molar-refractivity contribution in [2.24, 2.45) is 0 Å². The highest BCUT2D eigenvalue weighted by molar-refractivity contribution is 5.79. The number of hydrogen-bond donors (Lipinski definition) is 1. The molecule has 0 aromatic heterocycles. The Hall–Kier alpha value is -2.08. The van der Waals surface area contributed by atoms with Crippen molar-refractivity contribution in [3.63, 3.8) is 0 Å². The molecule has 0 aliphatic carbocycles. The van der Waals surface area contributed by atoms with Crippen LogP contribution in [-0.2, 0) is 14.3 Å². The van der Waals surface area contributed by atoms with Gasteiger partial charge in [-0.15, -0.1) is 0 Å². The Morgan fingerprint density at radius 1 is 1.43 bits per heavy atom. The summed E-state index contributed by atoms with van der Waals surface area (Å²) >= 11 is 0. The van der Waals surface area contributed by atoms with Crippen LogP contribution < -0.4 is 4.74 Å². The van der Waals surface area contributed by atoms with Crippen LogP contribution in [0, 0.1) is 0 Å². The van der Waals surface area contributed by atoms with Crippen LogP contribution in [0.25, 0.3) is 0 Å². The molecule has 1 aromatic rings. The van der Waals surface area contributed by atoms with E-state index in [2.05, 4.69) is 13.8 Å². The summed E-state index contributed by atoms with van der Waals surface area (Å²) in [5, 5.41) is 8.98. The molecule has 0 spiro atoms. The zero-order chi connectivity index (χ0) is 16.8. The number of carboxylic acid groups (broad SMARTS) is 1. The maximum atomic E-state index is 12.2. The fourth-order valence-electron chi connectivity index (χ4n) is 2.49. The highest BCUT2D eigenvalue weighted by Crippen LogP contribution is 2.28. The molecule has 0 radical (unpaired) electrons. The highest BCUT2D eigenvalue weighted by Gasteiger charge is 2.29. The Morgan fingerprint density at radius 3 is 2.87 bits per heavy atom. The maximum Gasteiger partial charge on any atom is 0.334 e. The molecule has 6 nitrogen and oxygen atoms in total. The number of para-hydroxylation sites is 1. The second kappa shape index (κ2) is 7.97. The number of carboxylic acids is 1. The van der Waals surface area contributed by atoms with Crippen molar-refractivity contribution in [3.8, 4) is 5.75 Å². The minimum absolute atomic E-state index is 0.0601. The smallest absolute Gasteiger partial charge is 0.334 e. The van der Waals surface area contributed by atoms with Gasteiger partial charge in [0.05, 0.1) is 13.2 Å². The molecule has 2 rings (SSSR count). The molecule has 1 aromatic carbocycles. The first-order valence-corrected chi connectivity index (χ1v) is 7.86. The van der Waals surface area contributed by atoms with Gasteiger partial charge in [-0.05, 0) is 24.0 Å². The molecular formula is C17H23NO5. The molecule has 0 unspecified atom stereocenters. The fourth-order valence-corrected chi connectivity index (χ4v) is 2.49. The minimum Gasteiger partial charge on any atom is -0.483 e. The molecule has 1 heterocycles. The van der Waals surface area contributed by atoms with E-state index in [0.29, 0.717) is 18.2 Å².